The van der Waals surface area contributed by atoms with Crippen molar-refractivity contribution in [2.45, 2.75) is 19.4 Å². The van der Waals surface area contributed by atoms with Crippen molar-refractivity contribution in [1.82, 2.24) is 5.32 Å². The van der Waals surface area contributed by atoms with Gasteiger partial charge in [0.05, 0.1) is 4.47 Å². The SMILES string of the molecule is CNC(Cc1ccc(F)c(Br)c1)c1ccc(C)c(Cl)c1. The molecule has 0 aliphatic heterocycles. The minimum absolute atomic E-state index is 0.144. The van der Waals surface area contributed by atoms with Crippen LogP contribution >= 0.6 is 27.5 Å². The highest BCUT2D eigenvalue weighted by atomic mass is 79.9. The van der Waals surface area contributed by atoms with Crippen LogP contribution in [0.2, 0.25) is 5.02 Å². The summed E-state index contributed by atoms with van der Waals surface area (Å²) < 4.78 is 13.8. The van der Waals surface area contributed by atoms with Crippen molar-refractivity contribution in [3.05, 3.63) is 68.4 Å². The number of halogens is 3. The van der Waals surface area contributed by atoms with Crippen molar-refractivity contribution >= 4 is 27.5 Å². The standard InChI is InChI=1S/C16H16BrClFN/c1-10-3-5-12(9-14(10)18)16(20-2)8-11-4-6-15(19)13(17)7-11/h3-7,9,16,20H,8H2,1-2H3. The molecule has 1 unspecified atom stereocenters. The number of aryl methyl sites for hydroxylation is 1. The number of rotatable bonds is 4. The molecule has 0 bridgehead atoms. The van der Waals surface area contributed by atoms with Gasteiger partial charge in [0, 0.05) is 11.1 Å². The molecule has 2 rings (SSSR count). The van der Waals surface area contributed by atoms with Gasteiger partial charge in [0.2, 0.25) is 0 Å². The molecule has 0 amide bonds. The van der Waals surface area contributed by atoms with Crippen LogP contribution in [0.1, 0.15) is 22.7 Å². The first-order valence-electron chi connectivity index (χ1n) is 6.38. The summed E-state index contributed by atoms with van der Waals surface area (Å²) in [6.07, 6.45) is 0.773. The first kappa shape index (κ1) is 15.5. The van der Waals surface area contributed by atoms with E-state index in [1.165, 1.54) is 6.07 Å². The third-order valence-electron chi connectivity index (χ3n) is 3.37. The molecule has 2 aromatic carbocycles. The van der Waals surface area contributed by atoms with Crippen LogP contribution in [0.3, 0.4) is 0 Å². The predicted molar refractivity (Wildman–Crippen MR) is 85.8 cm³/mol. The zero-order chi connectivity index (χ0) is 14.7. The van der Waals surface area contributed by atoms with E-state index in [0.29, 0.717) is 4.47 Å². The zero-order valence-corrected chi connectivity index (χ0v) is 13.7. The van der Waals surface area contributed by atoms with Crippen LogP contribution in [0.15, 0.2) is 40.9 Å². The molecule has 1 N–H and O–H groups in total. The molecular weight excluding hydrogens is 341 g/mol. The van der Waals surface area contributed by atoms with Gasteiger partial charge in [0.1, 0.15) is 5.82 Å². The summed E-state index contributed by atoms with van der Waals surface area (Å²) in [7, 11) is 1.91. The Balaban J connectivity index is 2.23. The van der Waals surface area contributed by atoms with E-state index in [2.05, 4.69) is 27.3 Å². The van der Waals surface area contributed by atoms with Crippen LogP contribution in [0.5, 0.6) is 0 Å². The van der Waals surface area contributed by atoms with Gasteiger partial charge in [-0.1, -0.05) is 29.8 Å². The highest BCUT2D eigenvalue weighted by molar-refractivity contribution is 9.10. The molecule has 1 atom stereocenters. The molecule has 0 saturated heterocycles. The van der Waals surface area contributed by atoms with Crippen molar-refractivity contribution < 1.29 is 4.39 Å². The quantitative estimate of drug-likeness (QED) is 0.808. The highest BCUT2D eigenvalue weighted by Crippen LogP contribution is 2.25. The van der Waals surface area contributed by atoms with E-state index >= 15 is 0 Å². The van der Waals surface area contributed by atoms with Gasteiger partial charge in [-0.2, -0.15) is 0 Å². The lowest BCUT2D eigenvalue weighted by atomic mass is 9.98. The molecule has 20 heavy (non-hydrogen) atoms. The summed E-state index contributed by atoms with van der Waals surface area (Å²) in [5.41, 5.74) is 3.26. The van der Waals surface area contributed by atoms with E-state index in [1.54, 1.807) is 6.07 Å². The van der Waals surface area contributed by atoms with E-state index in [-0.39, 0.29) is 11.9 Å². The third-order valence-corrected chi connectivity index (χ3v) is 4.39. The Bertz CT molecular complexity index is 615. The van der Waals surface area contributed by atoms with Crippen molar-refractivity contribution in [2.24, 2.45) is 0 Å². The first-order valence-corrected chi connectivity index (χ1v) is 7.55. The lowest BCUT2D eigenvalue weighted by Crippen LogP contribution is -2.19. The van der Waals surface area contributed by atoms with Gasteiger partial charge < -0.3 is 5.32 Å². The maximum absolute atomic E-state index is 13.3. The predicted octanol–water partition coefficient (Wildman–Crippen LogP) is 5.05. The Morgan fingerprint density at radius 1 is 1.25 bits per heavy atom. The lowest BCUT2D eigenvalue weighted by Gasteiger charge is -2.18. The van der Waals surface area contributed by atoms with Crippen LogP contribution in [0.4, 0.5) is 4.39 Å². The summed E-state index contributed by atoms with van der Waals surface area (Å²) >= 11 is 9.40. The molecule has 4 heteroatoms. The van der Waals surface area contributed by atoms with Gasteiger partial charge in [-0.05, 0) is 71.2 Å². The van der Waals surface area contributed by atoms with Crippen molar-refractivity contribution in [1.29, 1.82) is 0 Å². The van der Waals surface area contributed by atoms with Gasteiger partial charge in [-0.15, -0.1) is 0 Å². The van der Waals surface area contributed by atoms with Crippen LogP contribution in [-0.4, -0.2) is 7.05 Å². The Labute approximate surface area is 132 Å². The molecule has 0 fully saturated rings. The van der Waals surface area contributed by atoms with E-state index < -0.39 is 0 Å². The zero-order valence-electron chi connectivity index (χ0n) is 11.4. The molecule has 0 heterocycles. The van der Waals surface area contributed by atoms with Crippen LogP contribution in [0, 0.1) is 12.7 Å². The number of likely N-dealkylation sites (N-methyl/N-ethyl adjacent to an activating group) is 1. The summed E-state index contributed by atoms with van der Waals surface area (Å²) in [5.74, 6) is -0.242. The maximum Gasteiger partial charge on any atom is 0.137 e. The fraction of sp³-hybridized carbons (Fsp3) is 0.250. The van der Waals surface area contributed by atoms with E-state index in [9.17, 15) is 4.39 Å². The number of hydrogen-bond acceptors (Lipinski definition) is 1. The van der Waals surface area contributed by atoms with Gasteiger partial charge >= 0.3 is 0 Å². The molecule has 0 aromatic heterocycles. The fourth-order valence-corrected chi connectivity index (χ4v) is 2.73. The molecule has 0 radical (unpaired) electrons. The Kier molecular flexibility index (Phi) is 5.19. The Hall–Kier alpha value is -0.900. The average molecular weight is 357 g/mol. The van der Waals surface area contributed by atoms with Gasteiger partial charge in [-0.3, -0.25) is 0 Å². The molecule has 0 spiro atoms. The van der Waals surface area contributed by atoms with Crippen molar-refractivity contribution in [2.75, 3.05) is 7.05 Å². The van der Waals surface area contributed by atoms with Crippen LogP contribution in [-0.2, 0) is 6.42 Å². The molecule has 106 valence electrons. The summed E-state index contributed by atoms with van der Waals surface area (Å²) in [4.78, 5) is 0. The maximum atomic E-state index is 13.3. The second-order valence-corrected chi connectivity index (χ2v) is 6.06. The lowest BCUT2D eigenvalue weighted by molar-refractivity contribution is 0.587. The number of benzene rings is 2. The molecule has 0 saturated carbocycles. The number of nitrogens with one attached hydrogen (secondary N) is 1. The monoisotopic (exact) mass is 355 g/mol. The Morgan fingerprint density at radius 3 is 2.60 bits per heavy atom. The van der Waals surface area contributed by atoms with Gasteiger partial charge in [-0.25, -0.2) is 4.39 Å². The Morgan fingerprint density at radius 2 is 2.00 bits per heavy atom. The summed E-state index contributed by atoms with van der Waals surface area (Å²) in [5, 5.41) is 4.05. The van der Waals surface area contributed by atoms with Gasteiger partial charge in [0.25, 0.3) is 0 Å². The molecule has 0 aliphatic rings. The number of hydrogen-bond donors (Lipinski definition) is 1. The second-order valence-electron chi connectivity index (χ2n) is 4.80. The fourth-order valence-electron chi connectivity index (χ4n) is 2.11. The molecule has 0 aliphatic carbocycles. The summed E-state index contributed by atoms with van der Waals surface area (Å²) in [6, 6.07) is 11.3. The normalized spacial score (nSPS) is 12.4. The van der Waals surface area contributed by atoms with E-state index in [0.717, 1.165) is 28.1 Å². The van der Waals surface area contributed by atoms with Crippen LogP contribution < -0.4 is 5.32 Å². The average Bonchev–Trinajstić information content (AvgIpc) is 2.43. The minimum atomic E-state index is -0.242. The molecule has 2 aromatic rings. The second kappa shape index (κ2) is 6.70. The smallest absolute Gasteiger partial charge is 0.137 e. The van der Waals surface area contributed by atoms with E-state index in [4.69, 9.17) is 11.6 Å². The molecule has 1 nitrogen and oxygen atoms in total. The molecular formula is C16H16BrClFN. The van der Waals surface area contributed by atoms with Crippen molar-refractivity contribution in [3.8, 4) is 0 Å². The third kappa shape index (κ3) is 3.60. The first-order chi connectivity index (χ1) is 9.51. The highest BCUT2D eigenvalue weighted by Gasteiger charge is 2.12. The largest absolute Gasteiger partial charge is 0.313 e. The summed E-state index contributed by atoms with van der Waals surface area (Å²) in [6.45, 7) is 1.98. The minimum Gasteiger partial charge on any atom is -0.313 e. The van der Waals surface area contributed by atoms with Gasteiger partial charge in [0.15, 0.2) is 0 Å². The van der Waals surface area contributed by atoms with Crippen molar-refractivity contribution in [3.63, 3.8) is 0 Å². The van der Waals surface area contributed by atoms with E-state index in [1.807, 2.05) is 32.2 Å². The van der Waals surface area contributed by atoms with Crippen LogP contribution in [0.25, 0.3) is 0 Å². The topological polar surface area (TPSA) is 12.0 Å².